The topological polar surface area (TPSA) is 101 Å². The van der Waals surface area contributed by atoms with Crippen molar-refractivity contribution in [2.75, 3.05) is 12.0 Å². The number of aromatic nitrogens is 3. The molecule has 0 bridgehead atoms. The highest BCUT2D eigenvalue weighted by atomic mass is 16.5. The van der Waals surface area contributed by atoms with Crippen LogP contribution in [0.5, 0.6) is 11.5 Å². The van der Waals surface area contributed by atoms with Gasteiger partial charge in [0, 0.05) is 0 Å². The molecule has 3 rings (SSSR count). The lowest BCUT2D eigenvalue weighted by Gasteiger charge is -2.13. The molecule has 1 heterocycles. The SMILES string of the molecule is CCOc1cc(/C=N/Nc2cn[nH]c(=O)n2)ccc1OCc1ccccc1C. The quantitative estimate of drug-likeness (QED) is 0.461. The van der Waals surface area contributed by atoms with Gasteiger partial charge in [-0.25, -0.2) is 9.89 Å². The van der Waals surface area contributed by atoms with Gasteiger partial charge in [-0.3, -0.25) is 5.43 Å². The number of rotatable bonds is 8. The van der Waals surface area contributed by atoms with Crippen LogP contribution in [0.1, 0.15) is 23.6 Å². The first-order chi connectivity index (χ1) is 13.7. The zero-order valence-electron chi connectivity index (χ0n) is 15.7. The van der Waals surface area contributed by atoms with Gasteiger partial charge in [0.1, 0.15) is 6.61 Å². The Labute approximate surface area is 162 Å². The first kappa shape index (κ1) is 19.1. The minimum absolute atomic E-state index is 0.253. The molecule has 0 saturated carbocycles. The second kappa shape index (κ2) is 9.31. The Bertz CT molecular complexity index is 1020. The Kier molecular flexibility index (Phi) is 6.35. The summed E-state index contributed by atoms with van der Waals surface area (Å²) in [6.07, 6.45) is 2.96. The van der Waals surface area contributed by atoms with Crippen molar-refractivity contribution >= 4 is 12.0 Å². The Morgan fingerprint density at radius 2 is 2.04 bits per heavy atom. The molecule has 8 heteroatoms. The van der Waals surface area contributed by atoms with E-state index >= 15 is 0 Å². The number of anilines is 1. The minimum Gasteiger partial charge on any atom is -0.490 e. The van der Waals surface area contributed by atoms with Gasteiger partial charge in [0.05, 0.1) is 19.0 Å². The molecule has 8 nitrogen and oxygen atoms in total. The van der Waals surface area contributed by atoms with E-state index in [9.17, 15) is 4.79 Å². The molecule has 0 fully saturated rings. The van der Waals surface area contributed by atoms with Gasteiger partial charge < -0.3 is 9.47 Å². The summed E-state index contributed by atoms with van der Waals surface area (Å²) in [6, 6.07) is 13.6. The van der Waals surface area contributed by atoms with E-state index in [0.717, 1.165) is 11.1 Å². The van der Waals surface area contributed by atoms with Crippen molar-refractivity contribution in [1.29, 1.82) is 0 Å². The third-order valence-corrected chi connectivity index (χ3v) is 3.87. The fourth-order valence-electron chi connectivity index (χ4n) is 2.46. The van der Waals surface area contributed by atoms with Gasteiger partial charge in [-0.1, -0.05) is 24.3 Å². The summed E-state index contributed by atoms with van der Waals surface area (Å²) in [6.45, 7) is 4.95. The molecule has 0 aliphatic rings. The van der Waals surface area contributed by atoms with Gasteiger partial charge in [-0.05, 0) is 48.7 Å². The van der Waals surface area contributed by atoms with Gasteiger partial charge >= 0.3 is 5.69 Å². The predicted molar refractivity (Wildman–Crippen MR) is 107 cm³/mol. The van der Waals surface area contributed by atoms with Crippen molar-refractivity contribution in [1.82, 2.24) is 15.2 Å². The summed E-state index contributed by atoms with van der Waals surface area (Å²) in [7, 11) is 0. The van der Waals surface area contributed by atoms with E-state index < -0.39 is 5.69 Å². The summed E-state index contributed by atoms with van der Waals surface area (Å²) in [5.41, 5.74) is 5.21. The smallest absolute Gasteiger partial charge is 0.363 e. The number of nitrogens with zero attached hydrogens (tertiary/aromatic N) is 3. The number of hydrogen-bond acceptors (Lipinski definition) is 7. The highest BCUT2D eigenvalue weighted by Crippen LogP contribution is 2.29. The van der Waals surface area contributed by atoms with E-state index in [4.69, 9.17) is 9.47 Å². The molecule has 0 aliphatic carbocycles. The van der Waals surface area contributed by atoms with Crippen LogP contribution in [0, 0.1) is 6.92 Å². The third kappa shape index (κ3) is 5.16. The second-order valence-corrected chi connectivity index (χ2v) is 5.90. The highest BCUT2D eigenvalue weighted by molar-refractivity contribution is 5.81. The molecule has 28 heavy (non-hydrogen) atoms. The minimum atomic E-state index is -0.547. The monoisotopic (exact) mass is 379 g/mol. The number of aryl methyl sites for hydroxylation is 1. The van der Waals surface area contributed by atoms with Crippen LogP contribution in [0.3, 0.4) is 0 Å². The Hall–Kier alpha value is -3.68. The van der Waals surface area contributed by atoms with E-state index in [1.165, 1.54) is 11.8 Å². The normalized spacial score (nSPS) is 10.8. The summed E-state index contributed by atoms with van der Waals surface area (Å²) >= 11 is 0. The number of H-pyrrole nitrogens is 1. The van der Waals surface area contributed by atoms with Gasteiger partial charge in [0.15, 0.2) is 17.3 Å². The molecule has 2 N–H and O–H groups in total. The lowest BCUT2D eigenvalue weighted by molar-refractivity contribution is 0.269. The van der Waals surface area contributed by atoms with Crippen LogP contribution in [0.15, 0.2) is 58.6 Å². The van der Waals surface area contributed by atoms with Crippen molar-refractivity contribution in [2.45, 2.75) is 20.5 Å². The fraction of sp³-hybridized carbons (Fsp3) is 0.200. The highest BCUT2D eigenvalue weighted by Gasteiger charge is 2.07. The van der Waals surface area contributed by atoms with E-state index in [1.54, 1.807) is 6.21 Å². The van der Waals surface area contributed by atoms with Crippen LogP contribution in [0.25, 0.3) is 0 Å². The molecule has 144 valence electrons. The van der Waals surface area contributed by atoms with Crippen LogP contribution in [0.4, 0.5) is 5.82 Å². The van der Waals surface area contributed by atoms with Gasteiger partial charge in [-0.2, -0.15) is 15.2 Å². The first-order valence-electron chi connectivity index (χ1n) is 8.80. The van der Waals surface area contributed by atoms with Crippen LogP contribution < -0.4 is 20.6 Å². The molecule has 3 aromatic rings. The van der Waals surface area contributed by atoms with Crippen molar-refractivity contribution in [3.05, 3.63) is 75.8 Å². The predicted octanol–water partition coefficient (Wildman–Crippen LogP) is 2.90. The number of aromatic amines is 1. The Balaban J connectivity index is 1.70. The number of benzene rings is 2. The summed E-state index contributed by atoms with van der Waals surface area (Å²) in [5, 5.41) is 9.90. The first-order valence-corrected chi connectivity index (χ1v) is 8.80. The average Bonchev–Trinajstić information content (AvgIpc) is 2.69. The van der Waals surface area contributed by atoms with Crippen LogP contribution in [-0.2, 0) is 6.61 Å². The van der Waals surface area contributed by atoms with Gasteiger partial charge in [0.2, 0.25) is 0 Å². The molecule has 0 aliphatic heterocycles. The summed E-state index contributed by atoms with van der Waals surface area (Å²) in [4.78, 5) is 14.8. The lowest BCUT2D eigenvalue weighted by atomic mass is 10.1. The molecule has 0 radical (unpaired) electrons. The van der Waals surface area contributed by atoms with Crippen molar-refractivity contribution in [3.63, 3.8) is 0 Å². The van der Waals surface area contributed by atoms with Crippen LogP contribution in [0.2, 0.25) is 0 Å². The number of ether oxygens (including phenoxy) is 2. The summed E-state index contributed by atoms with van der Waals surface area (Å²) in [5.74, 6) is 1.55. The van der Waals surface area contributed by atoms with E-state index in [1.807, 2.05) is 43.3 Å². The summed E-state index contributed by atoms with van der Waals surface area (Å²) < 4.78 is 11.7. The second-order valence-electron chi connectivity index (χ2n) is 5.90. The molecule has 2 aromatic carbocycles. The van der Waals surface area contributed by atoms with Crippen molar-refractivity contribution < 1.29 is 9.47 Å². The van der Waals surface area contributed by atoms with Gasteiger partial charge in [0.25, 0.3) is 0 Å². The van der Waals surface area contributed by atoms with Crippen LogP contribution in [-0.4, -0.2) is 28.0 Å². The maximum absolute atomic E-state index is 11.1. The Morgan fingerprint density at radius 3 is 2.82 bits per heavy atom. The molecule has 1 aromatic heterocycles. The maximum atomic E-state index is 11.1. The molecule has 0 unspecified atom stereocenters. The molecule has 0 amide bonds. The number of hydrogen-bond donors (Lipinski definition) is 2. The van der Waals surface area contributed by atoms with Gasteiger partial charge in [-0.15, -0.1) is 0 Å². The average molecular weight is 379 g/mol. The number of hydrazone groups is 1. The maximum Gasteiger partial charge on any atom is 0.363 e. The molecule has 0 saturated heterocycles. The molecular formula is C20H21N5O3. The van der Waals surface area contributed by atoms with E-state index in [0.29, 0.717) is 24.7 Å². The van der Waals surface area contributed by atoms with Crippen LogP contribution >= 0.6 is 0 Å². The Morgan fingerprint density at radius 1 is 1.18 bits per heavy atom. The lowest BCUT2D eigenvalue weighted by Crippen LogP contribution is -2.13. The fourth-order valence-corrected chi connectivity index (χ4v) is 2.46. The third-order valence-electron chi connectivity index (χ3n) is 3.87. The van der Waals surface area contributed by atoms with E-state index in [2.05, 4.69) is 38.7 Å². The largest absolute Gasteiger partial charge is 0.490 e. The molecular weight excluding hydrogens is 358 g/mol. The molecule has 0 spiro atoms. The van der Waals surface area contributed by atoms with E-state index in [-0.39, 0.29) is 5.82 Å². The van der Waals surface area contributed by atoms with Crippen molar-refractivity contribution in [2.24, 2.45) is 5.10 Å². The zero-order chi connectivity index (χ0) is 19.8. The zero-order valence-corrected chi connectivity index (χ0v) is 15.7. The van der Waals surface area contributed by atoms with Crippen molar-refractivity contribution in [3.8, 4) is 11.5 Å². The number of nitrogens with one attached hydrogen (secondary N) is 2. The molecule has 0 atom stereocenters. The standard InChI is InChI=1S/C20H21N5O3/c1-3-27-18-10-15(11-21-24-19-12-22-25-20(26)23-19)8-9-17(18)28-13-16-7-5-4-6-14(16)2/h4-12H,3,13H2,1-2H3,(H2,23,24,25,26)/b21-11+.